The van der Waals surface area contributed by atoms with Crippen LogP contribution in [0.5, 0.6) is 0 Å². The van der Waals surface area contributed by atoms with E-state index in [4.69, 9.17) is 27.9 Å². The van der Waals surface area contributed by atoms with Crippen molar-refractivity contribution in [2.75, 3.05) is 0 Å². The topological polar surface area (TPSA) is 27.1 Å². The van der Waals surface area contributed by atoms with Gasteiger partial charge in [-0.1, -0.05) is 47.5 Å². The first-order chi connectivity index (χ1) is 13.1. The number of nitrogens with zero attached hydrogens (tertiary/aromatic N) is 2. The van der Waals surface area contributed by atoms with E-state index in [9.17, 15) is 0 Å². The molecule has 0 aliphatic carbocycles. The van der Waals surface area contributed by atoms with Crippen molar-refractivity contribution in [2.24, 2.45) is 0 Å². The van der Waals surface area contributed by atoms with Crippen molar-refractivity contribution >= 4 is 44.6 Å². The van der Waals surface area contributed by atoms with E-state index in [0.29, 0.717) is 23.2 Å². The fourth-order valence-corrected chi connectivity index (χ4v) is 4.71. The SMILES string of the molecule is Cc1cccc2c(COC(Cn3ccnc3)c3ccc(Cl)cc3Cl)csc12. The summed E-state index contributed by atoms with van der Waals surface area (Å²) in [5, 5.41) is 4.65. The molecule has 138 valence electrons. The summed E-state index contributed by atoms with van der Waals surface area (Å²) in [6, 6.07) is 11.9. The maximum Gasteiger partial charge on any atom is 0.102 e. The van der Waals surface area contributed by atoms with E-state index in [1.54, 1.807) is 29.9 Å². The number of halogens is 2. The molecule has 0 N–H and O–H groups in total. The van der Waals surface area contributed by atoms with Crippen molar-refractivity contribution in [3.05, 3.63) is 87.2 Å². The minimum atomic E-state index is -0.205. The maximum atomic E-state index is 6.45. The highest BCUT2D eigenvalue weighted by Crippen LogP contribution is 2.33. The standard InChI is InChI=1S/C21H18Cl2N2OS/c1-14-3-2-4-17-15(12-27-21(14)17)11-26-20(10-25-8-7-24-13-25)18-6-5-16(22)9-19(18)23/h2-9,12-13,20H,10-11H2,1H3. The monoisotopic (exact) mass is 416 g/mol. The van der Waals surface area contributed by atoms with Gasteiger partial charge >= 0.3 is 0 Å². The molecule has 0 fully saturated rings. The van der Waals surface area contributed by atoms with E-state index in [1.807, 2.05) is 22.9 Å². The smallest absolute Gasteiger partial charge is 0.102 e. The van der Waals surface area contributed by atoms with E-state index >= 15 is 0 Å². The van der Waals surface area contributed by atoms with Gasteiger partial charge < -0.3 is 9.30 Å². The van der Waals surface area contributed by atoms with Crippen molar-refractivity contribution < 1.29 is 4.74 Å². The van der Waals surface area contributed by atoms with Crippen molar-refractivity contribution in [1.82, 2.24) is 9.55 Å². The van der Waals surface area contributed by atoms with Crippen LogP contribution in [0.2, 0.25) is 10.0 Å². The highest BCUT2D eigenvalue weighted by molar-refractivity contribution is 7.17. The molecular weight excluding hydrogens is 399 g/mol. The van der Waals surface area contributed by atoms with Gasteiger partial charge in [0, 0.05) is 32.7 Å². The van der Waals surface area contributed by atoms with Crippen LogP contribution in [0.1, 0.15) is 22.8 Å². The van der Waals surface area contributed by atoms with Gasteiger partial charge in [0.25, 0.3) is 0 Å². The van der Waals surface area contributed by atoms with Crippen LogP contribution in [0.4, 0.5) is 0 Å². The molecular formula is C21H18Cl2N2OS. The molecule has 0 aliphatic heterocycles. The molecule has 2 aromatic heterocycles. The van der Waals surface area contributed by atoms with Crippen LogP contribution in [0.15, 0.2) is 60.5 Å². The van der Waals surface area contributed by atoms with E-state index in [0.717, 1.165) is 5.56 Å². The molecule has 0 saturated carbocycles. The molecule has 0 bridgehead atoms. The zero-order chi connectivity index (χ0) is 18.8. The Balaban J connectivity index is 1.61. The molecule has 2 aromatic carbocycles. The van der Waals surface area contributed by atoms with Gasteiger partial charge in [-0.05, 0) is 40.9 Å². The Kier molecular flexibility index (Phi) is 5.50. The van der Waals surface area contributed by atoms with Crippen molar-refractivity contribution in [2.45, 2.75) is 26.2 Å². The number of thiophene rings is 1. The van der Waals surface area contributed by atoms with Crippen LogP contribution >= 0.6 is 34.5 Å². The first kappa shape index (κ1) is 18.5. The van der Waals surface area contributed by atoms with Crippen LogP contribution in [-0.2, 0) is 17.9 Å². The van der Waals surface area contributed by atoms with Crippen LogP contribution in [0, 0.1) is 6.92 Å². The lowest BCUT2D eigenvalue weighted by Crippen LogP contribution is -2.12. The molecule has 1 atom stereocenters. The van der Waals surface area contributed by atoms with Crippen molar-refractivity contribution in [3.8, 4) is 0 Å². The van der Waals surface area contributed by atoms with Gasteiger partial charge in [-0.2, -0.15) is 0 Å². The second kappa shape index (κ2) is 8.03. The Labute approximate surface area is 172 Å². The van der Waals surface area contributed by atoms with E-state index in [1.165, 1.54) is 21.2 Å². The number of imidazole rings is 1. The summed E-state index contributed by atoms with van der Waals surface area (Å²) in [4.78, 5) is 4.12. The predicted octanol–water partition coefficient (Wildman–Crippen LogP) is 6.67. The number of fused-ring (bicyclic) bond motifs is 1. The van der Waals surface area contributed by atoms with Crippen LogP contribution < -0.4 is 0 Å². The second-order valence-corrected chi connectivity index (χ2v) is 8.16. The molecule has 3 nitrogen and oxygen atoms in total. The van der Waals surface area contributed by atoms with E-state index < -0.39 is 0 Å². The number of aromatic nitrogens is 2. The van der Waals surface area contributed by atoms with Gasteiger partial charge in [0.2, 0.25) is 0 Å². The Bertz CT molecular complexity index is 1060. The second-order valence-electron chi connectivity index (χ2n) is 6.44. The fraction of sp³-hybridized carbons (Fsp3) is 0.190. The molecule has 1 unspecified atom stereocenters. The first-order valence-electron chi connectivity index (χ1n) is 8.60. The van der Waals surface area contributed by atoms with Gasteiger partial charge in [0.05, 0.1) is 19.5 Å². The Morgan fingerprint density at radius 3 is 2.89 bits per heavy atom. The van der Waals surface area contributed by atoms with E-state index in [-0.39, 0.29) is 6.10 Å². The molecule has 0 saturated heterocycles. The third-order valence-electron chi connectivity index (χ3n) is 4.56. The predicted molar refractivity (Wildman–Crippen MR) is 113 cm³/mol. The summed E-state index contributed by atoms with van der Waals surface area (Å²) in [7, 11) is 0. The molecule has 0 amide bonds. The lowest BCUT2D eigenvalue weighted by molar-refractivity contribution is 0.0288. The third kappa shape index (κ3) is 4.04. The molecule has 27 heavy (non-hydrogen) atoms. The van der Waals surface area contributed by atoms with Gasteiger partial charge in [-0.3, -0.25) is 0 Å². The Morgan fingerprint density at radius 2 is 2.11 bits per heavy atom. The molecule has 4 aromatic rings. The van der Waals surface area contributed by atoms with Gasteiger partial charge in [0.15, 0.2) is 0 Å². The van der Waals surface area contributed by atoms with Gasteiger partial charge in [-0.15, -0.1) is 11.3 Å². The number of rotatable bonds is 6. The van der Waals surface area contributed by atoms with Gasteiger partial charge in [-0.25, -0.2) is 4.98 Å². The summed E-state index contributed by atoms with van der Waals surface area (Å²) in [6.07, 6.45) is 5.26. The third-order valence-corrected chi connectivity index (χ3v) is 6.30. The summed E-state index contributed by atoms with van der Waals surface area (Å²) >= 11 is 14.3. The quantitative estimate of drug-likeness (QED) is 0.350. The lowest BCUT2D eigenvalue weighted by atomic mass is 10.1. The minimum Gasteiger partial charge on any atom is -0.367 e. The summed E-state index contributed by atoms with van der Waals surface area (Å²) in [6.45, 7) is 3.28. The van der Waals surface area contributed by atoms with E-state index in [2.05, 4.69) is 35.5 Å². The minimum absolute atomic E-state index is 0.205. The zero-order valence-electron chi connectivity index (χ0n) is 14.7. The molecule has 0 spiro atoms. The molecule has 2 heterocycles. The fourth-order valence-electron chi connectivity index (χ4n) is 3.15. The van der Waals surface area contributed by atoms with Crippen molar-refractivity contribution in [1.29, 1.82) is 0 Å². The number of hydrogen-bond acceptors (Lipinski definition) is 3. The summed E-state index contributed by atoms with van der Waals surface area (Å²) in [5.41, 5.74) is 3.41. The summed E-state index contributed by atoms with van der Waals surface area (Å²) < 4.78 is 9.65. The average Bonchev–Trinajstić information content (AvgIpc) is 3.29. The molecule has 6 heteroatoms. The number of hydrogen-bond donors (Lipinski definition) is 0. The van der Waals surface area contributed by atoms with Crippen LogP contribution in [0.25, 0.3) is 10.1 Å². The highest BCUT2D eigenvalue weighted by Gasteiger charge is 2.18. The Morgan fingerprint density at radius 1 is 1.22 bits per heavy atom. The normalized spacial score (nSPS) is 12.6. The lowest BCUT2D eigenvalue weighted by Gasteiger charge is -2.20. The maximum absolute atomic E-state index is 6.45. The zero-order valence-corrected chi connectivity index (χ0v) is 17.1. The van der Waals surface area contributed by atoms with Crippen LogP contribution in [-0.4, -0.2) is 9.55 Å². The number of aryl methyl sites for hydroxylation is 1. The molecule has 4 rings (SSSR count). The largest absolute Gasteiger partial charge is 0.367 e. The van der Waals surface area contributed by atoms with Gasteiger partial charge in [0.1, 0.15) is 6.10 Å². The first-order valence-corrected chi connectivity index (χ1v) is 10.2. The van der Waals surface area contributed by atoms with Crippen LogP contribution in [0.3, 0.4) is 0 Å². The molecule has 0 aliphatic rings. The highest BCUT2D eigenvalue weighted by atomic mass is 35.5. The number of ether oxygens (including phenoxy) is 1. The number of benzene rings is 2. The average molecular weight is 417 g/mol. The Hall–Kier alpha value is -1.85. The van der Waals surface area contributed by atoms with Crippen molar-refractivity contribution in [3.63, 3.8) is 0 Å². The molecule has 0 radical (unpaired) electrons. The summed E-state index contributed by atoms with van der Waals surface area (Å²) in [5.74, 6) is 0.